The topological polar surface area (TPSA) is 68.2 Å². The summed E-state index contributed by atoms with van der Waals surface area (Å²) < 4.78 is 2.75. The van der Waals surface area contributed by atoms with Crippen LogP contribution in [-0.2, 0) is 0 Å². The lowest BCUT2D eigenvalue weighted by molar-refractivity contribution is 0.402. The molecular formula is C12H16BrN5. The maximum Gasteiger partial charge on any atom is 0.243 e. The van der Waals surface area contributed by atoms with Gasteiger partial charge in [0.05, 0.1) is 0 Å². The molecule has 0 saturated heterocycles. The van der Waals surface area contributed by atoms with E-state index in [0.29, 0.717) is 12.0 Å². The van der Waals surface area contributed by atoms with Crippen LogP contribution >= 0.6 is 15.9 Å². The van der Waals surface area contributed by atoms with E-state index in [1.807, 2.05) is 18.3 Å². The number of hydrogen-bond donors (Lipinski definition) is 2. The number of hydrogen-bond acceptors (Lipinski definition) is 4. The lowest BCUT2D eigenvalue weighted by Gasteiger charge is -2.28. The lowest BCUT2D eigenvalue weighted by atomic mass is 9.91. The van der Waals surface area contributed by atoms with Gasteiger partial charge in [0.15, 0.2) is 5.65 Å². The number of nitrogens with two attached hydrogens (primary N) is 1. The van der Waals surface area contributed by atoms with Crippen molar-refractivity contribution in [2.75, 3.05) is 5.32 Å². The van der Waals surface area contributed by atoms with Gasteiger partial charge in [0.1, 0.15) is 0 Å². The van der Waals surface area contributed by atoms with Crippen molar-refractivity contribution in [3.63, 3.8) is 0 Å². The lowest BCUT2D eigenvalue weighted by Crippen LogP contribution is -2.42. The molecule has 18 heavy (non-hydrogen) atoms. The maximum absolute atomic E-state index is 6.11. The third-order valence-corrected chi connectivity index (χ3v) is 3.90. The zero-order chi connectivity index (χ0) is 12.5. The number of anilines is 1. The maximum atomic E-state index is 6.11. The molecule has 2 atom stereocenters. The van der Waals surface area contributed by atoms with E-state index < -0.39 is 0 Å². The van der Waals surface area contributed by atoms with Gasteiger partial charge in [-0.1, -0.05) is 12.8 Å². The van der Waals surface area contributed by atoms with Crippen molar-refractivity contribution in [2.45, 2.75) is 37.8 Å². The van der Waals surface area contributed by atoms with Crippen LogP contribution in [0.2, 0.25) is 0 Å². The Kier molecular flexibility index (Phi) is 3.22. The number of pyridine rings is 1. The molecule has 2 aromatic heterocycles. The molecule has 0 bridgehead atoms. The van der Waals surface area contributed by atoms with E-state index in [2.05, 4.69) is 31.3 Å². The Hall–Kier alpha value is -1.14. The summed E-state index contributed by atoms with van der Waals surface area (Å²) in [4.78, 5) is 4.45. The predicted molar refractivity (Wildman–Crippen MR) is 74.5 cm³/mol. The van der Waals surface area contributed by atoms with E-state index in [4.69, 9.17) is 5.73 Å². The molecule has 5 nitrogen and oxygen atoms in total. The second-order valence-electron chi connectivity index (χ2n) is 4.78. The number of aromatic nitrogens is 3. The van der Waals surface area contributed by atoms with E-state index in [-0.39, 0.29) is 6.04 Å². The monoisotopic (exact) mass is 309 g/mol. The summed E-state index contributed by atoms with van der Waals surface area (Å²) in [7, 11) is 0. The van der Waals surface area contributed by atoms with E-state index in [9.17, 15) is 0 Å². The van der Waals surface area contributed by atoms with Crippen LogP contribution in [0.5, 0.6) is 0 Å². The highest BCUT2D eigenvalue weighted by atomic mass is 79.9. The summed E-state index contributed by atoms with van der Waals surface area (Å²) in [6.07, 6.45) is 6.53. The third-order valence-electron chi connectivity index (χ3n) is 3.43. The quantitative estimate of drug-likeness (QED) is 0.892. The zero-order valence-electron chi connectivity index (χ0n) is 10.0. The molecule has 3 N–H and O–H groups in total. The molecule has 2 heterocycles. The minimum absolute atomic E-state index is 0.206. The van der Waals surface area contributed by atoms with E-state index in [0.717, 1.165) is 23.0 Å². The third kappa shape index (κ3) is 2.35. The Morgan fingerprint density at radius 3 is 3.00 bits per heavy atom. The Balaban J connectivity index is 1.81. The first-order valence-electron chi connectivity index (χ1n) is 6.26. The van der Waals surface area contributed by atoms with E-state index in [1.54, 1.807) is 4.52 Å². The van der Waals surface area contributed by atoms with E-state index >= 15 is 0 Å². The van der Waals surface area contributed by atoms with Gasteiger partial charge in [-0.05, 0) is 40.9 Å². The van der Waals surface area contributed by atoms with Gasteiger partial charge in [0.25, 0.3) is 0 Å². The summed E-state index contributed by atoms with van der Waals surface area (Å²) >= 11 is 3.42. The molecule has 1 fully saturated rings. The second kappa shape index (κ2) is 4.85. The number of nitrogens with one attached hydrogen (secondary N) is 1. The molecule has 1 aliphatic carbocycles. The zero-order valence-corrected chi connectivity index (χ0v) is 11.6. The molecule has 0 aliphatic heterocycles. The molecule has 1 saturated carbocycles. The van der Waals surface area contributed by atoms with Gasteiger partial charge in [-0.15, -0.1) is 5.10 Å². The van der Waals surface area contributed by atoms with Crippen molar-refractivity contribution >= 4 is 27.5 Å². The number of rotatable bonds is 2. The minimum Gasteiger partial charge on any atom is -0.349 e. The van der Waals surface area contributed by atoms with Crippen molar-refractivity contribution in [2.24, 2.45) is 5.73 Å². The molecule has 96 valence electrons. The Morgan fingerprint density at radius 2 is 2.17 bits per heavy atom. The van der Waals surface area contributed by atoms with Gasteiger partial charge in [0.2, 0.25) is 5.95 Å². The van der Waals surface area contributed by atoms with Crippen LogP contribution in [0.25, 0.3) is 5.65 Å². The van der Waals surface area contributed by atoms with Crippen LogP contribution in [0.4, 0.5) is 5.95 Å². The predicted octanol–water partition coefficient (Wildman–Crippen LogP) is 2.17. The highest BCUT2D eigenvalue weighted by molar-refractivity contribution is 9.10. The second-order valence-corrected chi connectivity index (χ2v) is 5.70. The molecule has 0 radical (unpaired) electrons. The summed E-state index contributed by atoms with van der Waals surface area (Å²) in [6, 6.07) is 4.39. The Bertz CT molecular complexity index is 552. The van der Waals surface area contributed by atoms with Gasteiger partial charge < -0.3 is 11.1 Å². The van der Waals surface area contributed by atoms with Crippen molar-refractivity contribution in [3.8, 4) is 0 Å². The fraction of sp³-hybridized carbons (Fsp3) is 0.500. The number of halogens is 1. The summed E-state index contributed by atoms with van der Waals surface area (Å²) in [6.45, 7) is 0. The van der Waals surface area contributed by atoms with Crippen LogP contribution in [0, 0.1) is 0 Å². The number of fused-ring (bicyclic) bond motifs is 1. The van der Waals surface area contributed by atoms with Gasteiger partial charge in [-0.3, -0.25) is 0 Å². The van der Waals surface area contributed by atoms with Crippen LogP contribution in [0.3, 0.4) is 0 Å². The van der Waals surface area contributed by atoms with Gasteiger partial charge in [0, 0.05) is 22.8 Å². The van der Waals surface area contributed by atoms with Gasteiger partial charge in [-0.2, -0.15) is 4.98 Å². The summed E-state index contributed by atoms with van der Waals surface area (Å²) in [5.41, 5.74) is 6.95. The standard InChI is InChI=1S/C12H16BrN5/c13-8-5-6-11-16-12(17-18(11)7-8)15-10-4-2-1-3-9(10)14/h5-7,9-10H,1-4,14H2,(H,15,17)/t9-,10-/m1/s1. The Labute approximate surface area is 114 Å². The summed E-state index contributed by atoms with van der Waals surface area (Å²) in [5, 5.41) is 7.77. The molecular weight excluding hydrogens is 294 g/mol. The normalized spacial score (nSPS) is 24.3. The molecule has 0 unspecified atom stereocenters. The van der Waals surface area contributed by atoms with Crippen LogP contribution in [-0.4, -0.2) is 26.7 Å². The molecule has 0 spiro atoms. The average Bonchev–Trinajstić information content (AvgIpc) is 2.73. The molecule has 3 rings (SSSR count). The van der Waals surface area contributed by atoms with Crippen molar-refractivity contribution in [3.05, 3.63) is 22.8 Å². The molecule has 0 aromatic carbocycles. The smallest absolute Gasteiger partial charge is 0.243 e. The average molecular weight is 310 g/mol. The van der Waals surface area contributed by atoms with Crippen LogP contribution in [0.1, 0.15) is 25.7 Å². The van der Waals surface area contributed by atoms with Crippen molar-refractivity contribution < 1.29 is 0 Å². The van der Waals surface area contributed by atoms with Gasteiger partial charge >= 0.3 is 0 Å². The van der Waals surface area contributed by atoms with E-state index in [1.165, 1.54) is 12.8 Å². The first kappa shape index (κ1) is 11.9. The minimum atomic E-state index is 0.206. The largest absolute Gasteiger partial charge is 0.349 e. The highest BCUT2D eigenvalue weighted by Crippen LogP contribution is 2.20. The van der Waals surface area contributed by atoms with Crippen molar-refractivity contribution in [1.29, 1.82) is 0 Å². The Morgan fingerprint density at radius 1 is 1.33 bits per heavy atom. The molecule has 0 amide bonds. The van der Waals surface area contributed by atoms with Crippen LogP contribution < -0.4 is 11.1 Å². The first-order chi connectivity index (χ1) is 8.72. The van der Waals surface area contributed by atoms with Crippen molar-refractivity contribution in [1.82, 2.24) is 14.6 Å². The molecule has 6 heteroatoms. The highest BCUT2D eigenvalue weighted by Gasteiger charge is 2.22. The van der Waals surface area contributed by atoms with Crippen LogP contribution in [0.15, 0.2) is 22.8 Å². The summed E-state index contributed by atoms with van der Waals surface area (Å²) in [5.74, 6) is 0.662. The fourth-order valence-corrected chi connectivity index (χ4v) is 2.75. The molecule has 1 aliphatic rings. The fourth-order valence-electron chi connectivity index (χ4n) is 2.42. The van der Waals surface area contributed by atoms with Gasteiger partial charge in [-0.25, -0.2) is 4.52 Å². The number of nitrogens with zero attached hydrogens (tertiary/aromatic N) is 3. The SMILES string of the molecule is N[C@@H]1CCCC[C@H]1Nc1nc2ccc(Br)cn2n1. The first-order valence-corrected chi connectivity index (χ1v) is 7.06. The molecule has 2 aromatic rings.